The van der Waals surface area contributed by atoms with Crippen LogP contribution in [0.25, 0.3) is 10.6 Å². The van der Waals surface area contributed by atoms with Gasteiger partial charge in [-0.05, 0) is 44.2 Å². The Kier molecular flexibility index (Phi) is 5.13. The molecule has 1 aliphatic rings. The molecular weight excluding hydrogens is 374 g/mol. The number of aromatic nitrogens is 4. The first-order valence-electron chi connectivity index (χ1n) is 9.36. The molecule has 0 saturated carbocycles. The fraction of sp³-hybridized carbons (Fsp3) is 0.400. The van der Waals surface area contributed by atoms with Crippen molar-refractivity contribution in [3.8, 4) is 16.5 Å². The maximum absolute atomic E-state index is 13.1. The number of hydrogen-bond donors (Lipinski definition) is 0. The SMILES string of the molecule is Cc1cc(OC2CCCN(C(=O)c3cc(-c4cccs4)nn3C)C2)nc(C)n1. The third-order valence-electron chi connectivity index (χ3n) is 4.77. The minimum Gasteiger partial charge on any atom is -0.472 e. The third kappa shape index (κ3) is 3.91. The predicted octanol–water partition coefficient (Wildman–Crippen LogP) is 3.24. The van der Waals surface area contributed by atoms with Crippen molar-refractivity contribution < 1.29 is 9.53 Å². The van der Waals surface area contributed by atoms with Crippen molar-refractivity contribution in [1.29, 1.82) is 0 Å². The molecule has 8 heteroatoms. The van der Waals surface area contributed by atoms with Gasteiger partial charge < -0.3 is 9.64 Å². The lowest BCUT2D eigenvalue weighted by Crippen LogP contribution is -2.45. The summed E-state index contributed by atoms with van der Waals surface area (Å²) in [7, 11) is 1.81. The zero-order valence-electron chi connectivity index (χ0n) is 16.3. The van der Waals surface area contributed by atoms with Crippen molar-refractivity contribution in [3.05, 3.63) is 46.9 Å². The molecule has 0 bridgehead atoms. The fourth-order valence-electron chi connectivity index (χ4n) is 3.51. The zero-order chi connectivity index (χ0) is 19.7. The average molecular weight is 398 g/mol. The number of piperidine rings is 1. The molecule has 1 fully saturated rings. The van der Waals surface area contributed by atoms with Gasteiger partial charge in [-0.2, -0.15) is 10.1 Å². The van der Waals surface area contributed by atoms with Crippen LogP contribution < -0.4 is 4.74 Å². The average Bonchev–Trinajstić information content (AvgIpc) is 3.30. The molecule has 28 heavy (non-hydrogen) atoms. The number of aryl methyl sites for hydroxylation is 3. The Balaban J connectivity index is 1.48. The molecule has 1 amide bonds. The molecule has 146 valence electrons. The molecule has 1 aliphatic heterocycles. The molecule has 0 radical (unpaired) electrons. The number of ether oxygens (including phenoxy) is 1. The Morgan fingerprint density at radius 3 is 2.89 bits per heavy atom. The van der Waals surface area contributed by atoms with Gasteiger partial charge in [-0.1, -0.05) is 6.07 Å². The van der Waals surface area contributed by atoms with E-state index in [0.717, 1.165) is 35.7 Å². The molecule has 4 rings (SSSR count). The normalized spacial score (nSPS) is 17.0. The van der Waals surface area contributed by atoms with Crippen molar-refractivity contribution >= 4 is 17.2 Å². The smallest absolute Gasteiger partial charge is 0.272 e. The van der Waals surface area contributed by atoms with Crippen LogP contribution in [0.2, 0.25) is 0 Å². The largest absolute Gasteiger partial charge is 0.472 e. The number of nitrogens with zero attached hydrogens (tertiary/aromatic N) is 5. The fourth-order valence-corrected chi connectivity index (χ4v) is 4.19. The van der Waals surface area contributed by atoms with Crippen LogP contribution in [0.3, 0.4) is 0 Å². The molecule has 0 aliphatic carbocycles. The summed E-state index contributed by atoms with van der Waals surface area (Å²) >= 11 is 1.62. The summed E-state index contributed by atoms with van der Waals surface area (Å²) in [6.07, 6.45) is 1.73. The highest BCUT2D eigenvalue weighted by molar-refractivity contribution is 7.13. The number of carbonyl (C=O) groups excluding carboxylic acids is 1. The van der Waals surface area contributed by atoms with Gasteiger partial charge in [0.2, 0.25) is 5.88 Å². The van der Waals surface area contributed by atoms with Crippen LogP contribution in [0.15, 0.2) is 29.6 Å². The van der Waals surface area contributed by atoms with E-state index in [1.165, 1.54) is 0 Å². The lowest BCUT2D eigenvalue weighted by atomic mass is 10.1. The minimum absolute atomic E-state index is 0.0128. The summed E-state index contributed by atoms with van der Waals surface area (Å²) in [5, 5.41) is 6.52. The van der Waals surface area contributed by atoms with Crippen molar-refractivity contribution in [2.45, 2.75) is 32.8 Å². The Bertz CT molecular complexity index is 962. The summed E-state index contributed by atoms with van der Waals surface area (Å²) in [4.78, 5) is 24.6. The molecule has 1 unspecified atom stereocenters. The summed E-state index contributed by atoms with van der Waals surface area (Å²) in [6.45, 7) is 5.04. The lowest BCUT2D eigenvalue weighted by molar-refractivity contribution is 0.0517. The lowest BCUT2D eigenvalue weighted by Gasteiger charge is -2.32. The second-order valence-electron chi connectivity index (χ2n) is 7.04. The Morgan fingerprint density at radius 1 is 1.29 bits per heavy atom. The highest BCUT2D eigenvalue weighted by Gasteiger charge is 2.28. The van der Waals surface area contributed by atoms with Gasteiger partial charge in [0.25, 0.3) is 5.91 Å². The van der Waals surface area contributed by atoms with Crippen LogP contribution in [0.4, 0.5) is 0 Å². The van der Waals surface area contributed by atoms with E-state index in [-0.39, 0.29) is 12.0 Å². The molecule has 3 aromatic heterocycles. The quantitative estimate of drug-likeness (QED) is 0.676. The van der Waals surface area contributed by atoms with E-state index in [1.54, 1.807) is 16.0 Å². The number of carbonyl (C=O) groups is 1. The summed E-state index contributed by atoms with van der Waals surface area (Å²) in [5.41, 5.74) is 2.30. The molecule has 1 atom stereocenters. The van der Waals surface area contributed by atoms with Gasteiger partial charge in [0, 0.05) is 25.4 Å². The molecule has 1 saturated heterocycles. The monoisotopic (exact) mass is 397 g/mol. The van der Waals surface area contributed by atoms with E-state index in [0.29, 0.717) is 23.9 Å². The number of amides is 1. The second-order valence-corrected chi connectivity index (χ2v) is 7.99. The minimum atomic E-state index is -0.0728. The Labute approximate surface area is 168 Å². The van der Waals surface area contributed by atoms with Gasteiger partial charge in [0.15, 0.2) is 0 Å². The van der Waals surface area contributed by atoms with Crippen molar-refractivity contribution in [3.63, 3.8) is 0 Å². The van der Waals surface area contributed by atoms with E-state index in [1.807, 2.05) is 55.4 Å². The number of hydrogen-bond acceptors (Lipinski definition) is 6. The maximum atomic E-state index is 13.1. The summed E-state index contributed by atoms with van der Waals surface area (Å²) in [6, 6.07) is 7.70. The van der Waals surface area contributed by atoms with Crippen LogP contribution in [-0.4, -0.2) is 49.7 Å². The van der Waals surface area contributed by atoms with Crippen LogP contribution in [-0.2, 0) is 7.05 Å². The Morgan fingerprint density at radius 2 is 2.14 bits per heavy atom. The molecule has 0 aromatic carbocycles. The molecule has 0 spiro atoms. The van der Waals surface area contributed by atoms with Gasteiger partial charge in [-0.25, -0.2) is 4.98 Å². The standard InChI is InChI=1S/C20H23N5O2S/c1-13-10-19(22-14(2)21-13)27-15-6-4-8-25(12-15)20(26)17-11-16(23-24(17)3)18-7-5-9-28-18/h5,7,9-11,15H,4,6,8,12H2,1-3H3. The van der Waals surface area contributed by atoms with E-state index in [4.69, 9.17) is 4.74 Å². The van der Waals surface area contributed by atoms with Gasteiger partial charge in [0.1, 0.15) is 23.3 Å². The van der Waals surface area contributed by atoms with E-state index in [2.05, 4.69) is 15.1 Å². The van der Waals surface area contributed by atoms with Crippen LogP contribution in [0.5, 0.6) is 5.88 Å². The number of likely N-dealkylation sites (tertiary alicyclic amines) is 1. The first-order chi connectivity index (χ1) is 13.5. The van der Waals surface area contributed by atoms with Gasteiger partial charge in [-0.3, -0.25) is 9.48 Å². The summed E-state index contributed by atoms with van der Waals surface area (Å²) < 4.78 is 7.73. The highest BCUT2D eigenvalue weighted by atomic mass is 32.1. The van der Waals surface area contributed by atoms with Crippen molar-refractivity contribution in [1.82, 2.24) is 24.6 Å². The van der Waals surface area contributed by atoms with Crippen LogP contribution >= 0.6 is 11.3 Å². The predicted molar refractivity (Wildman–Crippen MR) is 108 cm³/mol. The first kappa shape index (κ1) is 18.6. The third-order valence-corrected chi connectivity index (χ3v) is 5.66. The van der Waals surface area contributed by atoms with E-state index < -0.39 is 0 Å². The summed E-state index contributed by atoms with van der Waals surface area (Å²) in [5.74, 6) is 1.25. The van der Waals surface area contributed by atoms with Crippen LogP contribution in [0, 0.1) is 13.8 Å². The maximum Gasteiger partial charge on any atom is 0.272 e. The molecule has 4 heterocycles. The first-order valence-corrected chi connectivity index (χ1v) is 10.2. The van der Waals surface area contributed by atoms with E-state index in [9.17, 15) is 4.79 Å². The van der Waals surface area contributed by atoms with Crippen molar-refractivity contribution in [2.75, 3.05) is 13.1 Å². The van der Waals surface area contributed by atoms with Gasteiger partial charge in [-0.15, -0.1) is 11.3 Å². The number of rotatable bonds is 4. The molecule has 7 nitrogen and oxygen atoms in total. The van der Waals surface area contributed by atoms with E-state index >= 15 is 0 Å². The number of thiophene rings is 1. The van der Waals surface area contributed by atoms with Gasteiger partial charge >= 0.3 is 0 Å². The van der Waals surface area contributed by atoms with Crippen molar-refractivity contribution in [2.24, 2.45) is 7.05 Å². The molecule has 3 aromatic rings. The highest BCUT2D eigenvalue weighted by Crippen LogP contribution is 2.25. The van der Waals surface area contributed by atoms with Crippen LogP contribution in [0.1, 0.15) is 34.8 Å². The molecule has 0 N–H and O–H groups in total. The molecular formula is C20H23N5O2S. The van der Waals surface area contributed by atoms with Gasteiger partial charge in [0.05, 0.1) is 11.4 Å². The zero-order valence-corrected chi connectivity index (χ0v) is 17.1. The topological polar surface area (TPSA) is 73.1 Å². The second kappa shape index (κ2) is 7.71. The Hall–Kier alpha value is -2.74.